The third kappa shape index (κ3) is 11.0. The van der Waals surface area contributed by atoms with Gasteiger partial charge in [0.25, 0.3) is 0 Å². The summed E-state index contributed by atoms with van der Waals surface area (Å²) in [4.78, 5) is 0. The van der Waals surface area contributed by atoms with Gasteiger partial charge in [-0.25, -0.2) is 0 Å². The van der Waals surface area contributed by atoms with E-state index < -0.39 is 0 Å². The topological polar surface area (TPSA) is 20.2 Å². The fourth-order valence-corrected chi connectivity index (χ4v) is 1.31. The van der Waals surface area contributed by atoms with E-state index >= 15 is 0 Å². The smallest absolute Gasteiger partial charge is 1.00 e. The molecule has 0 aromatic carbocycles. The van der Waals surface area contributed by atoms with Gasteiger partial charge in [0.2, 0.25) is 0 Å². The van der Waals surface area contributed by atoms with Gasteiger partial charge in [0.1, 0.15) is 0 Å². The number of rotatable bonds is 6. The summed E-state index contributed by atoms with van der Waals surface area (Å²) in [5.41, 5.74) is 0. The molecule has 1 atom stereocenters. The average Bonchev–Trinajstić information content (AvgIpc) is 1.89. The van der Waals surface area contributed by atoms with Gasteiger partial charge in [-0.1, -0.05) is 13.3 Å². The molecule has 0 aromatic rings. The van der Waals surface area contributed by atoms with Crippen molar-refractivity contribution in [2.75, 3.05) is 6.61 Å². The first-order chi connectivity index (χ1) is 4.81. The van der Waals surface area contributed by atoms with Crippen molar-refractivity contribution in [1.82, 2.24) is 0 Å². The van der Waals surface area contributed by atoms with Crippen molar-refractivity contribution in [1.29, 1.82) is 0 Å². The Hall–Kier alpha value is 1.02. The van der Waals surface area contributed by atoms with Crippen molar-refractivity contribution in [3.8, 4) is 0 Å². The van der Waals surface area contributed by atoms with E-state index in [0.29, 0.717) is 12.0 Å². The standard InChI is InChI=1S/C8H17ClO.Mg.2H/c1-2-5-8(9)6-3-4-7-10;;;/h8,10H,2-7H2,1H3;;;/q;+2;2*-1. The van der Waals surface area contributed by atoms with E-state index in [1.807, 2.05) is 0 Å². The predicted molar refractivity (Wildman–Crippen MR) is 53.5 cm³/mol. The van der Waals surface area contributed by atoms with Crippen molar-refractivity contribution >= 4 is 34.7 Å². The first-order valence-electron chi connectivity index (χ1n) is 4.06. The van der Waals surface area contributed by atoms with Gasteiger partial charge in [0.05, 0.1) is 0 Å². The van der Waals surface area contributed by atoms with E-state index in [-0.39, 0.29) is 25.9 Å². The van der Waals surface area contributed by atoms with Crippen LogP contribution in [0.3, 0.4) is 0 Å². The Kier molecular flexibility index (Phi) is 14.6. The van der Waals surface area contributed by atoms with Crippen LogP contribution in [0.25, 0.3) is 0 Å². The van der Waals surface area contributed by atoms with Crippen LogP contribution < -0.4 is 0 Å². The molecule has 66 valence electrons. The second-order valence-electron chi connectivity index (χ2n) is 2.61. The number of aliphatic hydroxyl groups is 1. The maximum atomic E-state index is 8.47. The largest absolute Gasteiger partial charge is 2.00 e. The van der Waals surface area contributed by atoms with E-state index in [4.69, 9.17) is 16.7 Å². The molecule has 1 nitrogen and oxygen atoms in total. The molecule has 0 aliphatic rings. The summed E-state index contributed by atoms with van der Waals surface area (Å²) < 4.78 is 0. The second kappa shape index (κ2) is 11.0. The number of hydrogen-bond donors (Lipinski definition) is 1. The van der Waals surface area contributed by atoms with Gasteiger partial charge in [-0.2, -0.15) is 0 Å². The molecule has 0 heterocycles. The van der Waals surface area contributed by atoms with Crippen LogP contribution in [-0.2, 0) is 0 Å². The molecule has 11 heavy (non-hydrogen) atoms. The fourth-order valence-electron chi connectivity index (χ4n) is 0.935. The summed E-state index contributed by atoms with van der Waals surface area (Å²) in [5.74, 6) is 0. The molecule has 0 amide bonds. The minimum atomic E-state index is 0. The van der Waals surface area contributed by atoms with E-state index in [1.165, 1.54) is 0 Å². The van der Waals surface area contributed by atoms with E-state index in [1.54, 1.807) is 0 Å². The third-order valence-corrected chi connectivity index (χ3v) is 1.96. The average molecular weight is 191 g/mol. The predicted octanol–water partition coefficient (Wildman–Crippen LogP) is 2.40. The summed E-state index contributed by atoms with van der Waals surface area (Å²) in [6, 6.07) is 0. The summed E-state index contributed by atoms with van der Waals surface area (Å²) in [6.07, 6.45) is 5.27. The first-order valence-corrected chi connectivity index (χ1v) is 4.49. The number of aliphatic hydroxyl groups excluding tert-OH is 1. The molecule has 1 unspecified atom stereocenters. The molecule has 0 saturated heterocycles. The maximum Gasteiger partial charge on any atom is 2.00 e. The summed E-state index contributed by atoms with van der Waals surface area (Å²) >= 11 is 5.94. The monoisotopic (exact) mass is 190 g/mol. The van der Waals surface area contributed by atoms with Gasteiger partial charge in [0, 0.05) is 12.0 Å². The molecule has 0 bridgehead atoms. The number of hydrogen-bond acceptors (Lipinski definition) is 1. The Morgan fingerprint density at radius 2 is 2.00 bits per heavy atom. The molecular formula is C8H19ClMgO. The Balaban J connectivity index is -0.000000135. The van der Waals surface area contributed by atoms with Crippen LogP contribution in [0.4, 0.5) is 0 Å². The van der Waals surface area contributed by atoms with Crippen molar-refractivity contribution in [2.45, 2.75) is 44.4 Å². The van der Waals surface area contributed by atoms with Crippen LogP contribution in [-0.4, -0.2) is 40.1 Å². The maximum absolute atomic E-state index is 8.47. The van der Waals surface area contributed by atoms with Gasteiger partial charge >= 0.3 is 23.1 Å². The zero-order valence-electron chi connectivity index (χ0n) is 9.35. The van der Waals surface area contributed by atoms with Crippen molar-refractivity contribution in [3.63, 3.8) is 0 Å². The van der Waals surface area contributed by atoms with Crippen LogP contribution in [0.2, 0.25) is 0 Å². The zero-order valence-corrected chi connectivity index (χ0v) is 9.52. The van der Waals surface area contributed by atoms with Gasteiger partial charge in [-0.15, -0.1) is 11.6 Å². The normalized spacial score (nSPS) is 12.3. The van der Waals surface area contributed by atoms with Crippen LogP contribution in [0.15, 0.2) is 0 Å². The first kappa shape index (κ1) is 14.5. The number of halogens is 1. The molecule has 0 spiro atoms. The molecule has 0 radical (unpaired) electrons. The minimum absolute atomic E-state index is 0. The van der Waals surface area contributed by atoms with Gasteiger partial charge in [-0.3, -0.25) is 0 Å². The molecule has 0 rings (SSSR count). The summed E-state index contributed by atoms with van der Waals surface area (Å²) in [6.45, 7) is 2.44. The molecule has 0 aliphatic heterocycles. The van der Waals surface area contributed by atoms with Gasteiger partial charge < -0.3 is 7.96 Å². The van der Waals surface area contributed by atoms with Crippen molar-refractivity contribution in [2.24, 2.45) is 0 Å². The van der Waals surface area contributed by atoms with Crippen LogP contribution in [0.5, 0.6) is 0 Å². The van der Waals surface area contributed by atoms with Gasteiger partial charge in [0.15, 0.2) is 0 Å². The summed E-state index contributed by atoms with van der Waals surface area (Å²) in [5, 5.41) is 8.80. The van der Waals surface area contributed by atoms with E-state index in [2.05, 4.69) is 6.92 Å². The number of alkyl halides is 1. The SMILES string of the molecule is CCCC(Cl)CCCCO.[H-].[H-].[Mg+2]. The van der Waals surface area contributed by atoms with E-state index in [0.717, 1.165) is 32.1 Å². The van der Waals surface area contributed by atoms with Gasteiger partial charge in [-0.05, 0) is 25.7 Å². The summed E-state index contributed by atoms with van der Waals surface area (Å²) in [7, 11) is 0. The van der Waals surface area contributed by atoms with Crippen molar-refractivity contribution < 1.29 is 7.96 Å². The second-order valence-corrected chi connectivity index (χ2v) is 3.22. The molecule has 3 heteroatoms. The zero-order chi connectivity index (χ0) is 7.82. The van der Waals surface area contributed by atoms with Crippen molar-refractivity contribution in [3.05, 3.63) is 0 Å². The minimum Gasteiger partial charge on any atom is -1.00 e. The molecule has 1 N–H and O–H groups in total. The van der Waals surface area contributed by atoms with Crippen LogP contribution >= 0.6 is 11.6 Å². The van der Waals surface area contributed by atoms with Crippen LogP contribution in [0, 0.1) is 0 Å². The fraction of sp³-hybridized carbons (Fsp3) is 1.00. The quantitative estimate of drug-likeness (QED) is 0.388. The number of unbranched alkanes of at least 4 members (excludes halogenated alkanes) is 1. The van der Waals surface area contributed by atoms with E-state index in [9.17, 15) is 0 Å². The molecule has 0 aliphatic carbocycles. The molecule has 0 fully saturated rings. The Bertz CT molecular complexity index is 79.2. The Morgan fingerprint density at radius 3 is 2.45 bits per heavy atom. The molecule has 0 aromatic heterocycles. The van der Waals surface area contributed by atoms with Crippen LogP contribution in [0.1, 0.15) is 41.9 Å². The Labute approximate surface area is 93.6 Å². The molecule has 0 saturated carbocycles. The molecular weight excluding hydrogens is 172 g/mol. The third-order valence-electron chi connectivity index (χ3n) is 1.53. The Morgan fingerprint density at radius 1 is 1.36 bits per heavy atom.